The third kappa shape index (κ3) is 6.92. The maximum absolute atomic E-state index is 13.7. The van der Waals surface area contributed by atoms with E-state index in [1.807, 2.05) is 0 Å². The van der Waals surface area contributed by atoms with Gasteiger partial charge in [-0.05, 0) is 73.7 Å². The topological polar surface area (TPSA) is 157 Å². The van der Waals surface area contributed by atoms with Gasteiger partial charge in [0.15, 0.2) is 11.5 Å². The van der Waals surface area contributed by atoms with Gasteiger partial charge >= 0.3 is 0 Å². The summed E-state index contributed by atoms with van der Waals surface area (Å²) >= 11 is 0. The molecular weight excluding hydrogens is 589 g/mol. The first-order valence-electron chi connectivity index (χ1n) is 12.2. The van der Waals surface area contributed by atoms with E-state index >= 15 is 0 Å². The van der Waals surface area contributed by atoms with Gasteiger partial charge in [-0.3, -0.25) is 9.10 Å². The number of amides is 1. The van der Waals surface area contributed by atoms with Crippen LogP contribution in [-0.2, 0) is 24.8 Å². The molecule has 4 aromatic rings. The molecule has 2 N–H and O–H groups in total. The second-order valence-corrected chi connectivity index (χ2v) is 12.2. The van der Waals surface area contributed by atoms with E-state index < -0.39 is 38.3 Å². The maximum Gasteiger partial charge on any atom is 0.264 e. The first kappa shape index (κ1) is 30.2. The van der Waals surface area contributed by atoms with Crippen molar-refractivity contribution in [2.45, 2.75) is 16.7 Å². The number of nitrogens with zero attached hydrogens (tertiary/aromatic N) is 3. The van der Waals surface area contributed by atoms with Crippen LogP contribution in [0.15, 0.2) is 88.8 Å². The molecule has 0 atom stereocenters. The van der Waals surface area contributed by atoms with Gasteiger partial charge in [-0.15, -0.1) is 0 Å². The largest absolute Gasteiger partial charge is 0.493 e. The van der Waals surface area contributed by atoms with Crippen LogP contribution in [0.5, 0.6) is 11.5 Å². The summed E-state index contributed by atoms with van der Waals surface area (Å²) in [5, 5.41) is 2.55. The van der Waals surface area contributed by atoms with Crippen molar-refractivity contribution in [3.05, 3.63) is 90.5 Å². The molecule has 1 aromatic heterocycles. The number of carbonyl (C=O) groups excluding carboxylic acids is 1. The fourth-order valence-electron chi connectivity index (χ4n) is 3.75. The number of hydrogen-bond donors (Lipinski definition) is 2. The summed E-state index contributed by atoms with van der Waals surface area (Å²) in [4.78, 5) is 20.6. The van der Waals surface area contributed by atoms with Crippen molar-refractivity contribution in [1.82, 2.24) is 9.97 Å². The highest BCUT2D eigenvalue weighted by atomic mass is 32.2. The van der Waals surface area contributed by atoms with Gasteiger partial charge in [0.2, 0.25) is 11.9 Å². The van der Waals surface area contributed by atoms with Crippen molar-refractivity contribution < 1.29 is 35.5 Å². The Kier molecular flexibility index (Phi) is 8.92. The number of carbonyl (C=O) groups is 1. The fourth-order valence-corrected chi connectivity index (χ4v) is 6.14. The Morgan fingerprint density at radius 1 is 0.881 bits per heavy atom. The summed E-state index contributed by atoms with van der Waals surface area (Å²) in [6, 6.07) is 15.4. The molecule has 0 fully saturated rings. The number of hydrogen-bond acceptors (Lipinski definition) is 9. The Labute approximate surface area is 242 Å². The predicted molar refractivity (Wildman–Crippen MR) is 153 cm³/mol. The number of aryl methyl sites for hydroxylation is 1. The highest BCUT2D eigenvalue weighted by Gasteiger charge is 2.28. The SMILES string of the molecule is COc1ccc(S(=O)(=O)N(CC(=O)Nc2ccc(S(=O)(=O)Nc3nccc(C)n3)cc2)c2ccc(F)cc2)cc1OC. The van der Waals surface area contributed by atoms with Crippen LogP contribution < -0.4 is 23.8 Å². The Hall–Kier alpha value is -4.76. The molecule has 0 saturated carbocycles. The smallest absolute Gasteiger partial charge is 0.264 e. The summed E-state index contributed by atoms with van der Waals surface area (Å²) in [6.07, 6.45) is 1.42. The molecule has 0 saturated heterocycles. The highest BCUT2D eigenvalue weighted by molar-refractivity contribution is 7.93. The van der Waals surface area contributed by atoms with Crippen molar-refractivity contribution in [3.63, 3.8) is 0 Å². The minimum atomic E-state index is -4.36. The number of rotatable bonds is 11. The Morgan fingerprint density at radius 3 is 2.14 bits per heavy atom. The second kappa shape index (κ2) is 12.4. The second-order valence-electron chi connectivity index (χ2n) is 8.70. The molecule has 0 bridgehead atoms. The van der Waals surface area contributed by atoms with Crippen molar-refractivity contribution in [2.75, 3.05) is 35.1 Å². The van der Waals surface area contributed by atoms with Gasteiger partial charge in [0.1, 0.15) is 12.4 Å². The third-order valence-electron chi connectivity index (χ3n) is 5.81. The first-order chi connectivity index (χ1) is 19.9. The van der Waals surface area contributed by atoms with E-state index in [1.165, 1.54) is 75.0 Å². The van der Waals surface area contributed by atoms with Crippen molar-refractivity contribution in [2.24, 2.45) is 0 Å². The fraction of sp³-hybridized carbons (Fsp3) is 0.148. The van der Waals surface area contributed by atoms with E-state index in [0.717, 1.165) is 16.4 Å². The molecule has 12 nitrogen and oxygen atoms in total. The predicted octanol–water partition coefficient (Wildman–Crippen LogP) is 3.58. The Morgan fingerprint density at radius 2 is 1.52 bits per heavy atom. The number of ether oxygens (including phenoxy) is 2. The van der Waals surface area contributed by atoms with Crippen molar-refractivity contribution in [3.8, 4) is 11.5 Å². The minimum Gasteiger partial charge on any atom is -0.493 e. The molecule has 0 aliphatic heterocycles. The van der Waals surface area contributed by atoms with Crippen molar-refractivity contribution >= 4 is 43.3 Å². The summed E-state index contributed by atoms with van der Waals surface area (Å²) in [7, 11) is -5.62. The Bertz CT molecular complexity index is 1800. The first-order valence-corrected chi connectivity index (χ1v) is 15.1. The quantitative estimate of drug-likeness (QED) is 0.257. The van der Waals surface area contributed by atoms with Crippen LogP contribution in [0.1, 0.15) is 5.69 Å². The van der Waals surface area contributed by atoms with Gasteiger partial charge in [-0.2, -0.15) is 0 Å². The maximum atomic E-state index is 13.7. The molecule has 3 aromatic carbocycles. The van der Waals surface area contributed by atoms with Gasteiger partial charge < -0.3 is 14.8 Å². The van der Waals surface area contributed by atoms with E-state index in [1.54, 1.807) is 13.0 Å². The van der Waals surface area contributed by atoms with Crippen LogP contribution in [0.2, 0.25) is 0 Å². The molecule has 1 heterocycles. The lowest BCUT2D eigenvalue weighted by atomic mass is 10.3. The zero-order valence-corrected chi connectivity index (χ0v) is 24.2. The lowest BCUT2D eigenvalue weighted by molar-refractivity contribution is -0.114. The molecule has 15 heteroatoms. The van der Waals surface area contributed by atoms with E-state index in [-0.39, 0.29) is 32.9 Å². The number of benzene rings is 3. The molecular formula is C27H26FN5O7S2. The van der Waals surface area contributed by atoms with Crippen LogP contribution in [0.4, 0.5) is 21.7 Å². The molecule has 220 valence electrons. The lowest BCUT2D eigenvalue weighted by Gasteiger charge is -2.24. The number of sulfonamides is 2. The molecule has 0 radical (unpaired) electrons. The van der Waals surface area contributed by atoms with Gasteiger partial charge in [0, 0.05) is 23.6 Å². The standard InChI is InChI=1S/C27H26FN5O7S2/c1-18-14-15-29-27(30-18)32-41(35,36)22-10-6-20(7-11-22)31-26(34)17-33(21-8-4-19(28)5-9-21)42(37,38)23-12-13-24(39-2)25(16-23)40-3/h4-16H,17H2,1-3H3,(H,31,34)(H,29,30,32). The number of aromatic nitrogens is 2. The normalized spacial score (nSPS) is 11.4. The zero-order chi connectivity index (χ0) is 30.5. The average molecular weight is 616 g/mol. The molecule has 0 spiro atoms. The zero-order valence-electron chi connectivity index (χ0n) is 22.6. The van der Waals surface area contributed by atoms with Crippen LogP contribution in [0.25, 0.3) is 0 Å². The van der Waals surface area contributed by atoms with Gasteiger partial charge in [0.25, 0.3) is 20.0 Å². The van der Waals surface area contributed by atoms with Crippen LogP contribution in [-0.4, -0.2) is 53.5 Å². The van der Waals surface area contributed by atoms with Gasteiger partial charge in [-0.25, -0.2) is 35.9 Å². The summed E-state index contributed by atoms with van der Waals surface area (Å²) < 4.78 is 79.9. The summed E-state index contributed by atoms with van der Waals surface area (Å²) in [5.41, 5.74) is 0.809. The van der Waals surface area contributed by atoms with E-state index in [4.69, 9.17) is 9.47 Å². The molecule has 0 unspecified atom stereocenters. The molecule has 42 heavy (non-hydrogen) atoms. The lowest BCUT2D eigenvalue weighted by Crippen LogP contribution is -2.38. The highest BCUT2D eigenvalue weighted by Crippen LogP contribution is 2.32. The molecule has 0 aliphatic carbocycles. The van der Waals surface area contributed by atoms with Crippen LogP contribution >= 0.6 is 0 Å². The molecule has 0 aliphatic rings. The van der Waals surface area contributed by atoms with Gasteiger partial charge in [-0.1, -0.05) is 0 Å². The molecule has 1 amide bonds. The number of halogens is 1. The number of nitrogens with one attached hydrogen (secondary N) is 2. The number of methoxy groups -OCH3 is 2. The molecule has 4 rings (SSSR count). The average Bonchev–Trinajstić information content (AvgIpc) is 2.96. The van der Waals surface area contributed by atoms with Crippen molar-refractivity contribution in [1.29, 1.82) is 0 Å². The third-order valence-corrected chi connectivity index (χ3v) is 8.93. The summed E-state index contributed by atoms with van der Waals surface area (Å²) in [6.45, 7) is 1.00. The Balaban J connectivity index is 1.56. The summed E-state index contributed by atoms with van der Waals surface area (Å²) in [5.74, 6) is -0.977. The van der Waals surface area contributed by atoms with Crippen LogP contribution in [0.3, 0.4) is 0 Å². The van der Waals surface area contributed by atoms with E-state index in [2.05, 4.69) is 20.0 Å². The van der Waals surface area contributed by atoms with E-state index in [0.29, 0.717) is 11.4 Å². The van der Waals surface area contributed by atoms with Crippen LogP contribution in [0, 0.1) is 12.7 Å². The van der Waals surface area contributed by atoms with Gasteiger partial charge in [0.05, 0.1) is 29.7 Å². The monoisotopic (exact) mass is 615 g/mol. The minimum absolute atomic E-state index is 0.0345. The number of anilines is 3. The van der Waals surface area contributed by atoms with E-state index in [9.17, 15) is 26.0 Å².